The number of fused-ring (bicyclic) bond motifs is 1. The second kappa shape index (κ2) is 11.7. The van der Waals surface area contributed by atoms with Gasteiger partial charge in [-0.1, -0.05) is 59.6 Å². The SMILES string of the molecule is CC[C@H](C)c1nc2ccc(Br)cc2c(=O)n1N=Cc1ccc(OCC(=O)Nc2ccccc2C)c(Cl)c1. The van der Waals surface area contributed by atoms with Gasteiger partial charge in [0, 0.05) is 16.1 Å². The second-order valence-corrected chi connectivity index (χ2v) is 9.97. The van der Waals surface area contributed by atoms with Gasteiger partial charge >= 0.3 is 0 Å². The zero-order chi connectivity index (χ0) is 26.5. The number of para-hydroxylation sites is 1. The summed E-state index contributed by atoms with van der Waals surface area (Å²) in [5.41, 5.74) is 2.74. The topological polar surface area (TPSA) is 85.6 Å². The van der Waals surface area contributed by atoms with Crippen molar-refractivity contribution in [3.05, 3.63) is 97.5 Å². The third-order valence-corrected chi connectivity index (χ3v) is 6.73. The van der Waals surface area contributed by atoms with Crippen LogP contribution in [-0.4, -0.2) is 28.4 Å². The Balaban J connectivity index is 1.53. The number of benzene rings is 3. The molecule has 1 amide bonds. The second-order valence-electron chi connectivity index (χ2n) is 8.64. The zero-order valence-electron chi connectivity index (χ0n) is 20.7. The summed E-state index contributed by atoms with van der Waals surface area (Å²) in [4.78, 5) is 30.3. The van der Waals surface area contributed by atoms with E-state index in [1.807, 2.05) is 57.2 Å². The molecular formula is C28H26BrClN4O3. The molecule has 0 unspecified atom stereocenters. The molecule has 4 rings (SSSR count). The number of aromatic nitrogens is 2. The molecule has 1 atom stereocenters. The van der Waals surface area contributed by atoms with E-state index in [9.17, 15) is 9.59 Å². The molecule has 3 aromatic carbocycles. The van der Waals surface area contributed by atoms with E-state index in [2.05, 4.69) is 26.3 Å². The lowest BCUT2D eigenvalue weighted by Gasteiger charge is -2.14. The first-order chi connectivity index (χ1) is 17.8. The van der Waals surface area contributed by atoms with Gasteiger partial charge in [0.25, 0.3) is 11.5 Å². The number of carbonyl (C=O) groups is 1. The molecule has 0 radical (unpaired) electrons. The van der Waals surface area contributed by atoms with Crippen molar-refractivity contribution >= 4 is 56.2 Å². The number of carbonyl (C=O) groups excluding carboxylic acids is 1. The highest BCUT2D eigenvalue weighted by Crippen LogP contribution is 2.25. The first-order valence-corrected chi connectivity index (χ1v) is 13.0. The third kappa shape index (κ3) is 6.26. The maximum atomic E-state index is 13.3. The van der Waals surface area contributed by atoms with E-state index in [4.69, 9.17) is 21.3 Å². The number of halogens is 2. The van der Waals surface area contributed by atoms with Gasteiger partial charge in [0.05, 0.1) is 22.1 Å². The van der Waals surface area contributed by atoms with Crippen molar-refractivity contribution in [2.24, 2.45) is 5.10 Å². The Kier molecular flexibility index (Phi) is 8.41. The first kappa shape index (κ1) is 26.6. The highest BCUT2D eigenvalue weighted by molar-refractivity contribution is 9.10. The van der Waals surface area contributed by atoms with Gasteiger partial charge in [0.1, 0.15) is 11.6 Å². The van der Waals surface area contributed by atoms with Crippen LogP contribution in [0.4, 0.5) is 5.69 Å². The van der Waals surface area contributed by atoms with Crippen molar-refractivity contribution < 1.29 is 9.53 Å². The van der Waals surface area contributed by atoms with E-state index >= 15 is 0 Å². The Labute approximate surface area is 228 Å². The van der Waals surface area contributed by atoms with Crippen molar-refractivity contribution in [3.8, 4) is 5.75 Å². The summed E-state index contributed by atoms with van der Waals surface area (Å²) in [5.74, 6) is 0.698. The van der Waals surface area contributed by atoms with Gasteiger partial charge in [0.15, 0.2) is 6.61 Å². The van der Waals surface area contributed by atoms with Gasteiger partial charge in [-0.25, -0.2) is 4.98 Å². The summed E-state index contributed by atoms with van der Waals surface area (Å²) in [6, 6.07) is 18.0. The summed E-state index contributed by atoms with van der Waals surface area (Å²) in [5, 5.41) is 8.08. The Hall–Kier alpha value is -3.49. The minimum absolute atomic E-state index is 0.0306. The molecule has 0 spiro atoms. The molecule has 0 aliphatic carbocycles. The Morgan fingerprint density at radius 1 is 1.22 bits per heavy atom. The van der Waals surface area contributed by atoms with Gasteiger partial charge in [-0.3, -0.25) is 9.59 Å². The van der Waals surface area contributed by atoms with Crippen molar-refractivity contribution in [1.82, 2.24) is 9.66 Å². The van der Waals surface area contributed by atoms with E-state index in [1.54, 1.807) is 30.5 Å². The highest BCUT2D eigenvalue weighted by Gasteiger charge is 2.16. The standard InChI is InChI=1S/C28H26BrClN4O3/c1-4-17(2)27-33-24-11-10-20(29)14-21(24)28(36)34(27)31-15-19-9-12-25(22(30)13-19)37-16-26(35)32-23-8-6-5-7-18(23)3/h5-15,17H,4,16H2,1-3H3,(H,32,35)/t17-/m0/s1. The number of rotatable bonds is 8. The molecule has 0 aliphatic heterocycles. The molecule has 7 nitrogen and oxygen atoms in total. The molecule has 37 heavy (non-hydrogen) atoms. The van der Waals surface area contributed by atoms with Gasteiger partial charge < -0.3 is 10.1 Å². The van der Waals surface area contributed by atoms with E-state index < -0.39 is 0 Å². The van der Waals surface area contributed by atoms with E-state index in [-0.39, 0.29) is 24.0 Å². The number of anilines is 1. The smallest absolute Gasteiger partial charge is 0.282 e. The number of amides is 1. The van der Waals surface area contributed by atoms with Crippen LogP contribution in [-0.2, 0) is 4.79 Å². The number of nitrogens with zero attached hydrogens (tertiary/aromatic N) is 3. The largest absolute Gasteiger partial charge is 0.482 e. The molecule has 0 fully saturated rings. The summed E-state index contributed by atoms with van der Waals surface area (Å²) in [6.07, 6.45) is 2.36. The van der Waals surface area contributed by atoms with E-state index in [0.29, 0.717) is 33.1 Å². The van der Waals surface area contributed by atoms with Gasteiger partial charge in [-0.15, -0.1) is 0 Å². The van der Waals surface area contributed by atoms with Crippen molar-refractivity contribution in [3.63, 3.8) is 0 Å². The van der Waals surface area contributed by atoms with Crippen molar-refractivity contribution in [2.45, 2.75) is 33.1 Å². The Bertz CT molecular complexity index is 1550. The fraction of sp³-hybridized carbons (Fsp3) is 0.214. The van der Waals surface area contributed by atoms with Crippen LogP contribution in [0.25, 0.3) is 10.9 Å². The van der Waals surface area contributed by atoms with Gasteiger partial charge in [-0.05, 0) is 66.9 Å². The minimum Gasteiger partial charge on any atom is -0.482 e. The molecular weight excluding hydrogens is 556 g/mol. The normalized spacial score (nSPS) is 12.1. The zero-order valence-corrected chi connectivity index (χ0v) is 23.0. The number of aryl methyl sites for hydroxylation is 1. The molecule has 1 N–H and O–H groups in total. The molecule has 0 bridgehead atoms. The van der Waals surface area contributed by atoms with Crippen LogP contribution < -0.4 is 15.6 Å². The lowest BCUT2D eigenvalue weighted by Crippen LogP contribution is -2.23. The number of hydrogen-bond donors (Lipinski definition) is 1. The average Bonchev–Trinajstić information content (AvgIpc) is 2.88. The van der Waals surface area contributed by atoms with Crippen LogP contribution in [0, 0.1) is 6.92 Å². The van der Waals surface area contributed by atoms with Crippen LogP contribution >= 0.6 is 27.5 Å². The lowest BCUT2D eigenvalue weighted by molar-refractivity contribution is -0.118. The molecule has 4 aromatic rings. The third-order valence-electron chi connectivity index (χ3n) is 5.94. The summed E-state index contributed by atoms with van der Waals surface area (Å²) < 4.78 is 7.75. The predicted octanol–water partition coefficient (Wildman–Crippen LogP) is 6.53. The van der Waals surface area contributed by atoms with Crippen molar-refractivity contribution in [2.75, 3.05) is 11.9 Å². The Morgan fingerprint density at radius 2 is 2.00 bits per heavy atom. The average molecular weight is 582 g/mol. The number of hydrogen-bond acceptors (Lipinski definition) is 5. The summed E-state index contributed by atoms with van der Waals surface area (Å²) >= 11 is 9.82. The first-order valence-electron chi connectivity index (χ1n) is 11.8. The fourth-order valence-electron chi connectivity index (χ4n) is 3.66. The highest BCUT2D eigenvalue weighted by atomic mass is 79.9. The maximum Gasteiger partial charge on any atom is 0.282 e. The fourth-order valence-corrected chi connectivity index (χ4v) is 4.27. The lowest BCUT2D eigenvalue weighted by atomic mass is 10.1. The molecule has 0 saturated carbocycles. The Morgan fingerprint density at radius 3 is 2.73 bits per heavy atom. The van der Waals surface area contributed by atoms with Crippen LogP contribution in [0.2, 0.25) is 5.02 Å². The van der Waals surface area contributed by atoms with Crippen LogP contribution in [0.1, 0.15) is 43.1 Å². The monoisotopic (exact) mass is 580 g/mol. The van der Waals surface area contributed by atoms with Crippen LogP contribution in [0.15, 0.2) is 75.0 Å². The maximum absolute atomic E-state index is 13.3. The summed E-state index contributed by atoms with van der Waals surface area (Å²) in [6.45, 7) is 5.78. The van der Waals surface area contributed by atoms with Crippen molar-refractivity contribution in [1.29, 1.82) is 0 Å². The van der Waals surface area contributed by atoms with E-state index in [1.165, 1.54) is 4.68 Å². The summed E-state index contributed by atoms with van der Waals surface area (Å²) in [7, 11) is 0. The molecule has 0 saturated heterocycles. The van der Waals surface area contributed by atoms with E-state index in [0.717, 1.165) is 22.1 Å². The molecule has 1 heterocycles. The van der Waals surface area contributed by atoms with Crippen LogP contribution in [0.5, 0.6) is 5.75 Å². The van der Waals surface area contributed by atoms with Gasteiger partial charge in [0.2, 0.25) is 0 Å². The molecule has 0 aliphatic rings. The number of nitrogens with one attached hydrogen (secondary N) is 1. The number of ether oxygens (including phenoxy) is 1. The quantitative estimate of drug-likeness (QED) is 0.240. The molecule has 190 valence electrons. The van der Waals surface area contributed by atoms with Gasteiger partial charge in [-0.2, -0.15) is 9.78 Å². The molecule has 9 heteroatoms. The predicted molar refractivity (Wildman–Crippen MR) is 152 cm³/mol. The molecule has 1 aromatic heterocycles. The van der Waals surface area contributed by atoms with Crippen LogP contribution in [0.3, 0.4) is 0 Å². The minimum atomic E-state index is -0.289.